The van der Waals surface area contributed by atoms with Crippen molar-refractivity contribution in [2.24, 2.45) is 5.92 Å². The maximum absolute atomic E-state index is 12.4. The van der Waals surface area contributed by atoms with E-state index in [4.69, 9.17) is 0 Å². The minimum atomic E-state index is -0.00354. The van der Waals surface area contributed by atoms with Gasteiger partial charge in [-0.1, -0.05) is 79.7 Å². The number of carbonyl (C=O) groups is 1. The van der Waals surface area contributed by atoms with E-state index in [1.54, 1.807) is 0 Å². The van der Waals surface area contributed by atoms with Crippen molar-refractivity contribution in [3.05, 3.63) is 107 Å². The zero-order valence-electron chi connectivity index (χ0n) is 15.2. The molecule has 0 saturated carbocycles. The second-order valence-electron chi connectivity index (χ2n) is 6.86. The van der Waals surface area contributed by atoms with Gasteiger partial charge in [0.05, 0.1) is 0 Å². The first kappa shape index (κ1) is 17.9. The summed E-state index contributed by atoms with van der Waals surface area (Å²) in [6.45, 7) is 2.84. The molecule has 1 N–H and O–H groups in total. The fraction of sp³-hybridized carbons (Fsp3) is 0.208. The van der Waals surface area contributed by atoms with E-state index in [0.29, 0.717) is 18.0 Å². The molecule has 0 radical (unpaired) electrons. The van der Waals surface area contributed by atoms with Gasteiger partial charge in [0, 0.05) is 12.1 Å². The Hall–Kier alpha value is -2.87. The molecule has 0 heterocycles. The fourth-order valence-electron chi connectivity index (χ4n) is 3.06. The Morgan fingerprint density at radius 2 is 1.31 bits per heavy atom. The van der Waals surface area contributed by atoms with E-state index in [1.807, 2.05) is 48.5 Å². The van der Waals surface area contributed by atoms with Gasteiger partial charge in [-0.2, -0.15) is 0 Å². The number of benzene rings is 3. The maximum atomic E-state index is 12.4. The summed E-state index contributed by atoms with van der Waals surface area (Å²) in [6.07, 6.45) is 1.86. The molecule has 3 aromatic carbocycles. The molecule has 26 heavy (non-hydrogen) atoms. The third kappa shape index (κ3) is 5.32. The molecule has 1 unspecified atom stereocenters. The van der Waals surface area contributed by atoms with Crippen molar-refractivity contribution in [2.75, 3.05) is 6.54 Å². The highest BCUT2D eigenvalue weighted by Crippen LogP contribution is 2.11. The highest BCUT2D eigenvalue weighted by Gasteiger charge is 2.09. The summed E-state index contributed by atoms with van der Waals surface area (Å²) in [5, 5.41) is 3.05. The van der Waals surface area contributed by atoms with Crippen LogP contribution in [-0.4, -0.2) is 12.5 Å². The molecule has 0 aliphatic heterocycles. The molecule has 0 saturated heterocycles. The zero-order chi connectivity index (χ0) is 18.2. The van der Waals surface area contributed by atoms with Crippen LogP contribution in [0.5, 0.6) is 0 Å². The highest BCUT2D eigenvalue weighted by molar-refractivity contribution is 5.94. The molecular weight excluding hydrogens is 318 g/mol. The summed E-state index contributed by atoms with van der Waals surface area (Å²) in [4.78, 5) is 12.4. The van der Waals surface area contributed by atoms with Crippen molar-refractivity contribution in [1.82, 2.24) is 5.32 Å². The van der Waals surface area contributed by atoms with E-state index in [-0.39, 0.29) is 5.91 Å². The lowest BCUT2D eigenvalue weighted by Gasteiger charge is -2.13. The number of hydrogen-bond donors (Lipinski definition) is 1. The zero-order valence-corrected chi connectivity index (χ0v) is 15.2. The predicted molar refractivity (Wildman–Crippen MR) is 107 cm³/mol. The van der Waals surface area contributed by atoms with Crippen LogP contribution in [0.15, 0.2) is 84.9 Å². The third-order valence-corrected chi connectivity index (χ3v) is 4.51. The van der Waals surface area contributed by atoms with Crippen LogP contribution in [0.4, 0.5) is 0 Å². The van der Waals surface area contributed by atoms with E-state index in [1.165, 1.54) is 16.7 Å². The van der Waals surface area contributed by atoms with Crippen molar-refractivity contribution in [3.63, 3.8) is 0 Å². The molecule has 0 fully saturated rings. The standard InChI is InChI=1S/C24H25NO/c1-19(16-20-8-4-2-5-9-20)18-25-24(26)23-14-12-22(13-15-23)17-21-10-6-3-7-11-21/h2-15,19H,16-18H2,1H3,(H,25,26). The molecule has 3 rings (SSSR count). The lowest BCUT2D eigenvalue weighted by Crippen LogP contribution is -2.29. The predicted octanol–water partition coefficient (Wildman–Crippen LogP) is 4.89. The number of amides is 1. The first-order valence-corrected chi connectivity index (χ1v) is 9.15. The molecule has 0 aliphatic carbocycles. The van der Waals surface area contributed by atoms with Crippen molar-refractivity contribution < 1.29 is 4.79 Å². The van der Waals surface area contributed by atoms with Gasteiger partial charge >= 0.3 is 0 Å². The summed E-state index contributed by atoms with van der Waals surface area (Å²) in [5.74, 6) is 0.398. The number of nitrogens with one attached hydrogen (secondary N) is 1. The van der Waals surface area contributed by atoms with Crippen LogP contribution in [-0.2, 0) is 12.8 Å². The minimum absolute atomic E-state index is 0.00354. The van der Waals surface area contributed by atoms with Gasteiger partial charge in [-0.3, -0.25) is 4.79 Å². The molecule has 0 aliphatic rings. The van der Waals surface area contributed by atoms with Crippen LogP contribution in [0, 0.1) is 5.92 Å². The van der Waals surface area contributed by atoms with Crippen LogP contribution < -0.4 is 5.32 Å². The molecule has 2 nitrogen and oxygen atoms in total. The molecule has 0 spiro atoms. The smallest absolute Gasteiger partial charge is 0.251 e. The van der Waals surface area contributed by atoms with E-state index < -0.39 is 0 Å². The van der Waals surface area contributed by atoms with Gasteiger partial charge in [0.25, 0.3) is 5.91 Å². The summed E-state index contributed by atoms with van der Waals surface area (Å²) in [7, 11) is 0. The normalized spacial score (nSPS) is 11.7. The topological polar surface area (TPSA) is 29.1 Å². The lowest BCUT2D eigenvalue weighted by molar-refractivity contribution is 0.0948. The molecule has 3 aromatic rings. The van der Waals surface area contributed by atoms with Crippen LogP contribution in [0.1, 0.15) is 34.0 Å². The van der Waals surface area contributed by atoms with Crippen molar-refractivity contribution in [2.45, 2.75) is 19.8 Å². The average molecular weight is 343 g/mol. The SMILES string of the molecule is CC(CNC(=O)c1ccc(Cc2ccccc2)cc1)Cc1ccccc1. The first-order valence-electron chi connectivity index (χ1n) is 9.15. The van der Waals surface area contributed by atoms with E-state index >= 15 is 0 Å². The largest absolute Gasteiger partial charge is 0.352 e. The van der Waals surface area contributed by atoms with Crippen LogP contribution >= 0.6 is 0 Å². The summed E-state index contributed by atoms with van der Waals surface area (Å²) < 4.78 is 0. The molecule has 132 valence electrons. The molecule has 1 atom stereocenters. The van der Waals surface area contributed by atoms with Crippen LogP contribution in [0.3, 0.4) is 0 Å². The summed E-state index contributed by atoms with van der Waals surface area (Å²) >= 11 is 0. The van der Waals surface area contributed by atoms with Crippen LogP contribution in [0.2, 0.25) is 0 Å². The highest BCUT2D eigenvalue weighted by atomic mass is 16.1. The number of carbonyl (C=O) groups excluding carboxylic acids is 1. The second kappa shape index (κ2) is 9.00. The monoisotopic (exact) mass is 343 g/mol. The quantitative estimate of drug-likeness (QED) is 0.650. The third-order valence-electron chi connectivity index (χ3n) is 4.51. The average Bonchev–Trinajstić information content (AvgIpc) is 2.68. The minimum Gasteiger partial charge on any atom is -0.352 e. The van der Waals surface area contributed by atoms with Gasteiger partial charge in [0.1, 0.15) is 0 Å². The Morgan fingerprint density at radius 1 is 0.769 bits per heavy atom. The number of hydrogen-bond acceptors (Lipinski definition) is 1. The van der Waals surface area contributed by atoms with Crippen LogP contribution in [0.25, 0.3) is 0 Å². The Bertz CT molecular complexity index is 810. The molecule has 0 bridgehead atoms. The Labute approximate surface area is 155 Å². The Morgan fingerprint density at radius 3 is 1.92 bits per heavy atom. The second-order valence-corrected chi connectivity index (χ2v) is 6.86. The van der Waals surface area contributed by atoms with Crippen molar-refractivity contribution in [3.8, 4) is 0 Å². The summed E-state index contributed by atoms with van der Waals surface area (Å²) in [5.41, 5.74) is 4.51. The van der Waals surface area contributed by atoms with E-state index in [9.17, 15) is 4.79 Å². The van der Waals surface area contributed by atoms with Gasteiger partial charge in [0.15, 0.2) is 0 Å². The van der Waals surface area contributed by atoms with Gasteiger partial charge in [-0.15, -0.1) is 0 Å². The molecule has 2 heteroatoms. The van der Waals surface area contributed by atoms with Crippen molar-refractivity contribution in [1.29, 1.82) is 0 Å². The molecule has 1 amide bonds. The maximum Gasteiger partial charge on any atom is 0.251 e. The number of rotatable bonds is 7. The van der Waals surface area contributed by atoms with E-state index in [0.717, 1.165) is 12.8 Å². The summed E-state index contributed by atoms with van der Waals surface area (Å²) in [6, 6.07) is 28.6. The van der Waals surface area contributed by atoms with Gasteiger partial charge in [-0.25, -0.2) is 0 Å². The van der Waals surface area contributed by atoms with Gasteiger partial charge < -0.3 is 5.32 Å². The fourth-order valence-corrected chi connectivity index (χ4v) is 3.06. The van der Waals surface area contributed by atoms with Gasteiger partial charge in [-0.05, 0) is 47.6 Å². The Kier molecular flexibility index (Phi) is 6.21. The lowest BCUT2D eigenvalue weighted by atomic mass is 10.0. The van der Waals surface area contributed by atoms with Crippen molar-refractivity contribution >= 4 is 5.91 Å². The molecule has 0 aromatic heterocycles. The first-order chi connectivity index (χ1) is 12.7. The van der Waals surface area contributed by atoms with E-state index in [2.05, 4.69) is 48.6 Å². The van der Waals surface area contributed by atoms with Gasteiger partial charge in [0.2, 0.25) is 0 Å². The Balaban J connectivity index is 1.50. The molecular formula is C24H25NO.